The lowest BCUT2D eigenvalue weighted by molar-refractivity contribution is 0.102. The van der Waals surface area contributed by atoms with Gasteiger partial charge in [0.15, 0.2) is 5.43 Å². The highest BCUT2D eigenvalue weighted by Crippen LogP contribution is 2.26. The summed E-state index contributed by atoms with van der Waals surface area (Å²) >= 11 is 3.38. The first-order valence-corrected chi connectivity index (χ1v) is 10.5. The highest BCUT2D eigenvalue weighted by Gasteiger charge is 2.12. The standard InChI is InChI=1S/C25H20BrNO3/c1-15(2)16-7-9-17(10-8-16)24-14-22(28)20-13-18(11-12-23(20)30-24)27-25(29)19-5-3-4-6-21(19)26/h3-15H,1-2H3,(H,27,29). The van der Waals surface area contributed by atoms with Crippen molar-refractivity contribution >= 4 is 38.5 Å². The van der Waals surface area contributed by atoms with Gasteiger partial charge in [-0.3, -0.25) is 9.59 Å². The number of fused-ring (bicyclic) bond motifs is 1. The zero-order valence-electron chi connectivity index (χ0n) is 16.6. The number of amides is 1. The maximum absolute atomic E-state index is 12.7. The van der Waals surface area contributed by atoms with Crippen LogP contribution in [0.4, 0.5) is 5.69 Å². The maximum Gasteiger partial charge on any atom is 0.256 e. The van der Waals surface area contributed by atoms with Gasteiger partial charge in [-0.05, 0) is 57.7 Å². The van der Waals surface area contributed by atoms with Gasteiger partial charge < -0.3 is 9.73 Å². The Morgan fingerprint density at radius 2 is 1.70 bits per heavy atom. The average molecular weight is 462 g/mol. The minimum Gasteiger partial charge on any atom is -0.456 e. The molecule has 1 N–H and O–H groups in total. The van der Waals surface area contributed by atoms with E-state index in [1.165, 1.54) is 11.6 Å². The minimum absolute atomic E-state index is 0.156. The van der Waals surface area contributed by atoms with Gasteiger partial charge in [0, 0.05) is 21.8 Å². The normalized spacial score (nSPS) is 11.1. The number of nitrogens with one attached hydrogen (secondary N) is 1. The molecule has 0 atom stereocenters. The summed E-state index contributed by atoms with van der Waals surface area (Å²) in [6, 6.07) is 21.8. The van der Waals surface area contributed by atoms with Crippen LogP contribution < -0.4 is 10.7 Å². The highest BCUT2D eigenvalue weighted by molar-refractivity contribution is 9.10. The predicted octanol–water partition coefficient (Wildman–Crippen LogP) is 6.60. The van der Waals surface area contributed by atoms with Gasteiger partial charge in [0.1, 0.15) is 11.3 Å². The molecule has 4 nitrogen and oxygen atoms in total. The molecule has 0 aliphatic rings. The number of anilines is 1. The lowest BCUT2D eigenvalue weighted by atomic mass is 10.0. The molecule has 150 valence electrons. The van der Waals surface area contributed by atoms with E-state index in [1.807, 2.05) is 30.3 Å². The first-order chi connectivity index (χ1) is 14.4. The molecule has 0 unspecified atom stereocenters. The summed E-state index contributed by atoms with van der Waals surface area (Å²) in [7, 11) is 0. The third kappa shape index (κ3) is 4.07. The van der Waals surface area contributed by atoms with Crippen LogP contribution in [0.25, 0.3) is 22.3 Å². The maximum atomic E-state index is 12.7. The monoisotopic (exact) mass is 461 g/mol. The number of carbonyl (C=O) groups excluding carboxylic acids is 1. The molecule has 0 aliphatic carbocycles. The third-order valence-corrected chi connectivity index (χ3v) is 5.66. The smallest absolute Gasteiger partial charge is 0.256 e. The van der Waals surface area contributed by atoms with E-state index >= 15 is 0 Å². The number of hydrogen-bond acceptors (Lipinski definition) is 3. The quantitative estimate of drug-likeness (QED) is 0.372. The average Bonchev–Trinajstić information content (AvgIpc) is 2.74. The number of hydrogen-bond donors (Lipinski definition) is 1. The second kappa shape index (κ2) is 8.28. The van der Waals surface area contributed by atoms with Crippen LogP contribution in [0, 0.1) is 0 Å². The Morgan fingerprint density at radius 1 is 0.967 bits per heavy atom. The van der Waals surface area contributed by atoms with E-state index in [4.69, 9.17) is 4.42 Å². The summed E-state index contributed by atoms with van der Waals surface area (Å²) in [5.74, 6) is 0.702. The summed E-state index contributed by atoms with van der Waals surface area (Å²) in [4.78, 5) is 25.3. The fraction of sp³-hybridized carbons (Fsp3) is 0.120. The molecule has 1 heterocycles. The zero-order valence-corrected chi connectivity index (χ0v) is 18.2. The molecule has 30 heavy (non-hydrogen) atoms. The van der Waals surface area contributed by atoms with E-state index in [0.29, 0.717) is 38.4 Å². The molecule has 0 aliphatic heterocycles. The van der Waals surface area contributed by atoms with Gasteiger partial charge in [0.25, 0.3) is 5.91 Å². The van der Waals surface area contributed by atoms with Crippen LogP contribution in [0.1, 0.15) is 35.7 Å². The molecular weight excluding hydrogens is 442 g/mol. The van der Waals surface area contributed by atoms with Crippen LogP contribution in [-0.4, -0.2) is 5.91 Å². The van der Waals surface area contributed by atoms with E-state index in [0.717, 1.165) is 5.56 Å². The van der Waals surface area contributed by atoms with Crippen LogP contribution in [0.5, 0.6) is 0 Å². The molecule has 1 aromatic heterocycles. The second-order valence-corrected chi connectivity index (χ2v) is 8.25. The van der Waals surface area contributed by atoms with E-state index in [2.05, 4.69) is 35.1 Å². The van der Waals surface area contributed by atoms with Gasteiger partial charge in [0.05, 0.1) is 10.9 Å². The fourth-order valence-electron chi connectivity index (χ4n) is 3.25. The zero-order chi connectivity index (χ0) is 21.3. The van der Waals surface area contributed by atoms with Crippen molar-refractivity contribution in [2.75, 3.05) is 5.32 Å². The van der Waals surface area contributed by atoms with Crippen LogP contribution in [0.3, 0.4) is 0 Å². The Labute approximate surface area is 182 Å². The van der Waals surface area contributed by atoms with Crippen molar-refractivity contribution in [3.05, 3.63) is 98.6 Å². The van der Waals surface area contributed by atoms with E-state index in [9.17, 15) is 9.59 Å². The molecule has 0 saturated heterocycles. The van der Waals surface area contributed by atoms with Crippen molar-refractivity contribution in [3.63, 3.8) is 0 Å². The highest BCUT2D eigenvalue weighted by atomic mass is 79.9. The number of halogens is 1. The SMILES string of the molecule is CC(C)c1ccc(-c2cc(=O)c3cc(NC(=O)c4ccccc4Br)ccc3o2)cc1. The van der Waals surface area contributed by atoms with E-state index in [-0.39, 0.29) is 11.3 Å². The Balaban J connectivity index is 1.65. The van der Waals surface area contributed by atoms with Gasteiger partial charge in [-0.15, -0.1) is 0 Å². The van der Waals surface area contributed by atoms with Crippen LogP contribution in [0.2, 0.25) is 0 Å². The summed E-state index contributed by atoms with van der Waals surface area (Å²) in [5, 5.41) is 3.25. The molecule has 1 amide bonds. The third-order valence-electron chi connectivity index (χ3n) is 4.97. The lowest BCUT2D eigenvalue weighted by Gasteiger charge is -2.09. The molecule has 3 aromatic carbocycles. The van der Waals surface area contributed by atoms with Crippen molar-refractivity contribution < 1.29 is 9.21 Å². The molecule has 4 aromatic rings. The van der Waals surface area contributed by atoms with Crippen molar-refractivity contribution in [1.82, 2.24) is 0 Å². The first kappa shape index (κ1) is 20.1. The van der Waals surface area contributed by atoms with Gasteiger partial charge >= 0.3 is 0 Å². The number of carbonyl (C=O) groups is 1. The lowest BCUT2D eigenvalue weighted by Crippen LogP contribution is -2.13. The molecule has 0 fully saturated rings. The molecule has 0 saturated carbocycles. The summed E-state index contributed by atoms with van der Waals surface area (Å²) in [5.41, 5.74) is 3.45. The predicted molar refractivity (Wildman–Crippen MR) is 124 cm³/mol. The molecule has 5 heteroatoms. The van der Waals surface area contributed by atoms with Crippen molar-refractivity contribution in [3.8, 4) is 11.3 Å². The summed E-state index contributed by atoms with van der Waals surface area (Å²) < 4.78 is 6.68. The van der Waals surface area contributed by atoms with Crippen molar-refractivity contribution in [2.45, 2.75) is 19.8 Å². The van der Waals surface area contributed by atoms with Gasteiger partial charge in [0.2, 0.25) is 0 Å². The summed E-state index contributed by atoms with van der Waals surface area (Å²) in [6.07, 6.45) is 0. The van der Waals surface area contributed by atoms with Gasteiger partial charge in [-0.25, -0.2) is 0 Å². The summed E-state index contributed by atoms with van der Waals surface area (Å²) in [6.45, 7) is 4.27. The van der Waals surface area contributed by atoms with Crippen molar-refractivity contribution in [2.24, 2.45) is 0 Å². The topological polar surface area (TPSA) is 59.3 Å². The molecule has 4 rings (SSSR count). The van der Waals surface area contributed by atoms with Gasteiger partial charge in [-0.1, -0.05) is 50.2 Å². The van der Waals surface area contributed by atoms with Crippen LogP contribution >= 0.6 is 15.9 Å². The largest absolute Gasteiger partial charge is 0.456 e. The van der Waals surface area contributed by atoms with Crippen LogP contribution in [0.15, 0.2) is 86.5 Å². The van der Waals surface area contributed by atoms with Crippen LogP contribution in [-0.2, 0) is 0 Å². The molecule has 0 spiro atoms. The Kier molecular flexibility index (Phi) is 5.55. The van der Waals surface area contributed by atoms with E-state index < -0.39 is 0 Å². The minimum atomic E-state index is -0.256. The fourth-order valence-corrected chi connectivity index (χ4v) is 3.72. The second-order valence-electron chi connectivity index (χ2n) is 7.40. The molecule has 0 bridgehead atoms. The van der Waals surface area contributed by atoms with E-state index in [1.54, 1.807) is 36.4 Å². The number of benzene rings is 3. The number of rotatable bonds is 4. The Bertz CT molecular complexity index is 1290. The molecular formula is C25H20BrNO3. The Morgan fingerprint density at radius 3 is 2.40 bits per heavy atom. The Hall–Kier alpha value is -3.18. The molecule has 0 radical (unpaired) electrons. The first-order valence-electron chi connectivity index (χ1n) is 9.66. The van der Waals surface area contributed by atoms with Crippen molar-refractivity contribution in [1.29, 1.82) is 0 Å². The van der Waals surface area contributed by atoms with Gasteiger partial charge in [-0.2, -0.15) is 0 Å².